The summed E-state index contributed by atoms with van der Waals surface area (Å²) in [7, 11) is 0. The van der Waals surface area contributed by atoms with Crippen molar-refractivity contribution >= 4 is 29.4 Å². The monoisotopic (exact) mass is 373 g/mol. The number of carbonyl (C=O) groups is 3. The Bertz CT molecular complexity index is 841. The number of benzene rings is 2. The van der Waals surface area contributed by atoms with E-state index in [0.717, 1.165) is 0 Å². The van der Waals surface area contributed by atoms with Gasteiger partial charge in [0.15, 0.2) is 6.61 Å². The summed E-state index contributed by atoms with van der Waals surface area (Å²) >= 11 is 5.77. The average Bonchev–Trinajstić information content (AvgIpc) is 2.86. The number of halogens is 1. The molecule has 1 heterocycles. The van der Waals surface area contributed by atoms with E-state index in [1.807, 2.05) is 6.07 Å². The van der Waals surface area contributed by atoms with Crippen LogP contribution in [-0.2, 0) is 15.1 Å². The standard InChI is InChI=1S/C18H16ClN3O4/c1-18(12-5-3-2-4-6-12)16(24)22(17(25)20-18)21-15(23)11-26-14-9-7-13(19)8-10-14/h2-10H,11H2,1H3,(H,20,25)(H,21,23)/t18-/m0/s1. The molecule has 0 unspecified atom stereocenters. The summed E-state index contributed by atoms with van der Waals surface area (Å²) in [6, 6.07) is 14.5. The number of hydrogen-bond donors (Lipinski definition) is 2. The molecule has 2 aromatic rings. The highest BCUT2D eigenvalue weighted by Crippen LogP contribution is 2.27. The van der Waals surface area contributed by atoms with Crippen molar-refractivity contribution in [2.75, 3.05) is 6.61 Å². The van der Waals surface area contributed by atoms with Crippen LogP contribution in [0.15, 0.2) is 54.6 Å². The number of imide groups is 1. The fourth-order valence-electron chi connectivity index (χ4n) is 2.54. The lowest BCUT2D eigenvalue weighted by Gasteiger charge is -2.22. The topological polar surface area (TPSA) is 87.7 Å². The molecule has 4 amide bonds. The number of amides is 4. The van der Waals surface area contributed by atoms with Gasteiger partial charge in [0.25, 0.3) is 11.8 Å². The van der Waals surface area contributed by atoms with Crippen LogP contribution in [0.1, 0.15) is 12.5 Å². The van der Waals surface area contributed by atoms with Gasteiger partial charge in [-0.1, -0.05) is 41.9 Å². The zero-order chi connectivity index (χ0) is 18.7. The maximum Gasteiger partial charge on any atom is 0.344 e. The van der Waals surface area contributed by atoms with Gasteiger partial charge in [-0.25, -0.2) is 4.79 Å². The molecule has 1 aliphatic rings. The number of nitrogens with zero attached hydrogens (tertiary/aromatic N) is 1. The van der Waals surface area contributed by atoms with Gasteiger partial charge in [-0.3, -0.25) is 15.0 Å². The van der Waals surface area contributed by atoms with E-state index in [2.05, 4.69) is 10.7 Å². The van der Waals surface area contributed by atoms with E-state index in [0.29, 0.717) is 21.3 Å². The zero-order valence-electron chi connectivity index (χ0n) is 13.9. The molecule has 0 spiro atoms. The minimum atomic E-state index is -1.25. The molecule has 3 rings (SSSR count). The van der Waals surface area contributed by atoms with Gasteiger partial charge < -0.3 is 10.1 Å². The first-order valence-electron chi connectivity index (χ1n) is 7.80. The van der Waals surface area contributed by atoms with Gasteiger partial charge >= 0.3 is 6.03 Å². The van der Waals surface area contributed by atoms with Crippen LogP contribution in [0.3, 0.4) is 0 Å². The third-order valence-corrected chi connectivity index (χ3v) is 4.21. The second-order valence-corrected chi connectivity index (χ2v) is 6.28. The Balaban J connectivity index is 1.64. The number of hydrazine groups is 1. The molecule has 0 aliphatic carbocycles. The molecule has 0 radical (unpaired) electrons. The molecule has 1 fully saturated rings. The van der Waals surface area contributed by atoms with E-state index in [1.165, 1.54) is 0 Å². The quantitative estimate of drug-likeness (QED) is 0.787. The minimum absolute atomic E-state index is 0.360. The molecule has 0 aromatic heterocycles. The Morgan fingerprint density at radius 2 is 1.81 bits per heavy atom. The summed E-state index contributed by atoms with van der Waals surface area (Å²) in [5, 5.41) is 3.81. The molecule has 134 valence electrons. The Morgan fingerprint density at radius 1 is 1.15 bits per heavy atom. The second kappa shape index (κ2) is 7.05. The van der Waals surface area contributed by atoms with Gasteiger partial charge in [0.2, 0.25) is 0 Å². The molecular formula is C18H16ClN3O4. The molecule has 1 atom stereocenters. The van der Waals surface area contributed by atoms with Crippen molar-refractivity contribution in [3.63, 3.8) is 0 Å². The Labute approximate surface area is 154 Å². The second-order valence-electron chi connectivity index (χ2n) is 5.84. The third kappa shape index (κ3) is 3.48. The van der Waals surface area contributed by atoms with Gasteiger partial charge in [0.05, 0.1) is 0 Å². The first kappa shape index (κ1) is 17.8. The van der Waals surface area contributed by atoms with Gasteiger partial charge in [0, 0.05) is 5.02 Å². The van der Waals surface area contributed by atoms with E-state index < -0.39 is 23.4 Å². The first-order valence-corrected chi connectivity index (χ1v) is 8.18. The van der Waals surface area contributed by atoms with Gasteiger partial charge in [-0.05, 0) is 36.8 Å². The van der Waals surface area contributed by atoms with Crippen LogP contribution < -0.4 is 15.5 Å². The van der Waals surface area contributed by atoms with E-state index >= 15 is 0 Å². The van der Waals surface area contributed by atoms with Gasteiger partial charge in [-0.2, -0.15) is 5.01 Å². The van der Waals surface area contributed by atoms with Crippen LogP contribution in [0.25, 0.3) is 0 Å². The molecule has 2 aromatic carbocycles. The number of ether oxygens (including phenoxy) is 1. The summed E-state index contributed by atoms with van der Waals surface area (Å²) in [6.07, 6.45) is 0. The molecular weight excluding hydrogens is 358 g/mol. The van der Waals surface area contributed by atoms with Gasteiger partial charge in [-0.15, -0.1) is 0 Å². The lowest BCUT2D eigenvalue weighted by molar-refractivity contribution is -0.139. The molecule has 0 bridgehead atoms. The largest absolute Gasteiger partial charge is 0.484 e. The SMILES string of the molecule is C[C@@]1(c2ccccc2)NC(=O)N(NC(=O)COc2ccc(Cl)cc2)C1=O. The summed E-state index contributed by atoms with van der Waals surface area (Å²) < 4.78 is 5.30. The predicted octanol–water partition coefficient (Wildman–Crippen LogP) is 2.22. The first-order chi connectivity index (χ1) is 12.4. The van der Waals surface area contributed by atoms with Crippen molar-refractivity contribution in [1.29, 1.82) is 0 Å². The number of nitrogens with one attached hydrogen (secondary N) is 2. The molecule has 0 saturated carbocycles. The fourth-order valence-corrected chi connectivity index (χ4v) is 2.67. The maximum absolute atomic E-state index is 12.7. The maximum atomic E-state index is 12.7. The normalized spacial score (nSPS) is 19.2. The van der Waals surface area contributed by atoms with Crippen molar-refractivity contribution in [3.8, 4) is 5.75 Å². The van der Waals surface area contributed by atoms with Crippen molar-refractivity contribution < 1.29 is 19.1 Å². The summed E-state index contributed by atoms with van der Waals surface area (Å²) in [5.74, 6) is -0.773. The molecule has 2 N–H and O–H groups in total. The molecule has 8 heteroatoms. The van der Waals surface area contributed by atoms with Crippen LogP contribution in [0.4, 0.5) is 4.79 Å². The highest BCUT2D eigenvalue weighted by molar-refractivity contribution is 6.30. The van der Waals surface area contributed by atoms with E-state index in [9.17, 15) is 14.4 Å². The average molecular weight is 374 g/mol. The van der Waals surface area contributed by atoms with E-state index in [1.54, 1.807) is 55.5 Å². The lowest BCUT2D eigenvalue weighted by atomic mass is 9.92. The number of hydrogen-bond acceptors (Lipinski definition) is 4. The van der Waals surface area contributed by atoms with Gasteiger partial charge in [0.1, 0.15) is 11.3 Å². The molecule has 1 aliphatic heterocycles. The third-order valence-electron chi connectivity index (χ3n) is 3.96. The Kier molecular flexibility index (Phi) is 4.81. The molecule has 26 heavy (non-hydrogen) atoms. The van der Waals surface area contributed by atoms with Crippen molar-refractivity contribution in [2.45, 2.75) is 12.5 Å². The van der Waals surface area contributed by atoms with E-state index in [-0.39, 0.29) is 6.61 Å². The summed E-state index contributed by atoms with van der Waals surface area (Å²) in [5.41, 5.74) is 1.64. The summed E-state index contributed by atoms with van der Waals surface area (Å²) in [6.45, 7) is 1.22. The summed E-state index contributed by atoms with van der Waals surface area (Å²) in [4.78, 5) is 36.8. The van der Waals surface area contributed by atoms with Crippen molar-refractivity contribution in [3.05, 3.63) is 65.2 Å². The fraction of sp³-hybridized carbons (Fsp3) is 0.167. The van der Waals surface area contributed by atoms with Crippen LogP contribution in [0.5, 0.6) is 5.75 Å². The zero-order valence-corrected chi connectivity index (χ0v) is 14.6. The smallest absolute Gasteiger partial charge is 0.344 e. The van der Waals surface area contributed by atoms with Crippen LogP contribution >= 0.6 is 11.6 Å². The predicted molar refractivity (Wildman–Crippen MR) is 94.3 cm³/mol. The van der Waals surface area contributed by atoms with Crippen LogP contribution in [0, 0.1) is 0 Å². The highest BCUT2D eigenvalue weighted by Gasteiger charge is 2.49. The van der Waals surface area contributed by atoms with E-state index in [4.69, 9.17) is 16.3 Å². The van der Waals surface area contributed by atoms with Crippen molar-refractivity contribution in [2.24, 2.45) is 0 Å². The number of urea groups is 1. The molecule has 7 nitrogen and oxygen atoms in total. The van der Waals surface area contributed by atoms with Crippen LogP contribution in [0.2, 0.25) is 5.02 Å². The Morgan fingerprint density at radius 3 is 2.46 bits per heavy atom. The Hall–Kier alpha value is -3.06. The minimum Gasteiger partial charge on any atom is -0.484 e. The highest BCUT2D eigenvalue weighted by atomic mass is 35.5. The van der Waals surface area contributed by atoms with Crippen molar-refractivity contribution in [1.82, 2.24) is 15.8 Å². The lowest BCUT2D eigenvalue weighted by Crippen LogP contribution is -2.49. The van der Waals surface area contributed by atoms with Crippen LogP contribution in [-0.4, -0.2) is 29.5 Å². The number of carbonyl (C=O) groups excluding carboxylic acids is 3. The number of rotatable bonds is 5. The molecule has 1 saturated heterocycles.